The van der Waals surface area contributed by atoms with E-state index in [1.807, 2.05) is 0 Å². The molecule has 0 aromatic carbocycles. The maximum Gasteiger partial charge on any atom is 0.251 e. The summed E-state index contributed by atoms with van der Waals surface area (Å²) in [5, 5.41) is 0. The molecule has 0 saturated carbocycles. The van der Waals surface area contributed by atoms with E-state index >= 15 is 0 Å². The monoisotopic (exact) mass is 252 g/mol. The number of hydrogen-bond acceptors (Lipinski definition) is 5. The number of nitrogens with zero attached hydrogens (tertiary/aromatic N) is 3. The Hall–Kier alpha value is -1.24. The largest absolute Gasteiger partial charge is 0.378 e. The summed E-state index contributed by atoms with van der Waals surface area (Å²) >= 11 is 0. The van der Waals surface area contributed by atoms with Crippen LogP contribution in [-0.4, -0.2) is 60.6 Å². The van der Waals surface area contributed by atoms with E-state index in [2.05, 4.69) is 33.9 Å². The topological polar surface area (TPSA) is 61.5 Å². The molecule has 1 saturated heterocycles. The van der Waals surface area contributed by atoms with Crippen molar-refractivity contribution in [3.63, 3.8) is 0 Å². The van der Waals surface area contributed by atoms with Crippen molar-refractivity contribution in [2.75, 3.05) is 40.8 Å². The molecule has 1 aromatic rings. The Labute approximate surface area is 107 Å². The molecule has 0 aliphatic carbocycles. The molecule has 1 atom stereocenters. The van der Waals surface area contributed by atoms with Gasteiger partial charge in [0.15, 0.2) is 0 Å². The van der Waals surface area contributed by atoms with Gasteiger partial charge in [-0.25, -0.2) is 4.98 Å². The molecule has 0 spiro atoms. The molecule has 1 aromatic heterocycles. The minimum atomic E-state index is -0.117. The third-order valence-corrected chi connectivity index (χ3v) is 3.27. The zero-order valence-corrected chi connectivity index (χ0v) is 11.1. The second-order valence-corrected chi connectivity index (χ2v) is 4.81. The van der Waals surface area contributed by atoms with Gasteiger partial charge in [0.05, 0.1) is 18.3 Å². The van der Waals surface area contributed by atoms with Gasteiger partial charge in [-0.15, -0.1) is 0 Å². The molecule has 2 rings (SSSR count). The van der Waals surface area contributed by atoms with Crippen LogP contribution in [-0.2, 0) is 11.3 Å². The third kappa shape index (κ3) is 2.95. The average molecular weight is 252 g/mol. The molecule has 6 heteroatoms. The van der Waals surface area contributed by atoms with Crippen LogP contribution in [0.15, 0.2) is 10.9 Å². The zero-order chi connectivity index (χ0) is 13.1. The molecule has 18 heavy (non-hydrogen) atoms. The van der Waals surface area contributed by atoms with Crippen molar-refractivity contribution in [2.45, 2.75) is 12.6 Å². The van der Waals surface area contributed by atoms with Crippen LogP contribution in [0.2, 0.25) is 0 Å². The van der Waals surface area contributed by atoms with Crippen LogP contribution in [0.5, 0.6) is 0 Å². The summed E-state index contributed by atoms with van der Waals surface area (Å²) in [6.45, 7) is 3.24. The van der Waals surface area contributed by atoms with Gasteiger partial charge in [0.25, 0.3) is 5.56 Å². The van der Waals surface area contributed by atoms with Gasteiger partial charge < -0.3 is 14.6 Å². The van der Waals surface area contributed by atoms with Gasteiger partial charge >= 0.3 is 0 Å². The Morgan fingerprint density at radius 2 is 2.28 bits per heavy atom. The van der Waals surface area contributed by atoms with E-state index in [1.54, 1.807) is 7.11 Å². The summed E-state index contributed by atoms with van der Waals surface area (Å²) < 4.78 is 5.03. The molecule has 6 nitrogen and oxygen atoms in total. The first-order chi connectivity index (χ1) is 8.60. The zero-order valence-electron chi connectivity index (χ0n) is 11.1. The standard InChI is InChI=1S/C12H20N4O2/c1-15-4-5-16(2)10(7-15)12-13-9(8-18-3)6-11(17)14-12/h6,10H,4-5,7-8H2,1-3H3,(H,13,14,17). The van der Waals surface area contributed by atoms with Crippen molar-refractivity contribution in [1.29, 1.82) is 0 Å². The summed E-state index contributed by atoms with van der Waals surface area (Å²) in [7, 11) is 5.74. The van der Waals surface area contributed by atoms with Crippen LogP contribution >= 0.6 is 0 Å². The van der Waals surface area contributed by atoms with E-state index in [0.29, 0.717) is 12.3 Å². The second-order valence-electron chi connectivity index (χ2n) is 4.81. The van der Waals surface area contributed by atoms with Gasteiger partial charge in [-0.1, -0.05) is 0 Å². The number of likely N-dealkylation sites (N-methyl/N-ethyl adjacent to an activating group) is 2. The molecule has 1 fully saturated rings. The van der Waals surface area contributed by atoms with Gasteiger partial charge in [0.1, 0.15) is 5.82 Å². The maximum absolute atomic E-state index is 11.6. The molecule has 1 unspecified atom stereocenters. The fourth-order valence-corrected chi connectivity index (χ4v) is 2.21. The maximum atomic E-state index is 11.6. The van der Waals surface area contributed by atoms with Gasteiger partial charge in [-0.05, 0) is 14.1 Å². The van der Waals surface area contributed by atoms with Crippen LogP contribution < -0.4 is 5.56 Å². The Morgan fingerprint density at radius 1 is 1.50 bits per heavy atom. The number of aromatic nitrogens is 2. The highest BCUT2D eigenvalue weighted by atomic mass is 16.5. The van der Waals surface area contributed by atoms with Crippen LogP contribution in [0.25, 0.3) is 0 Å². The fraction of sp³-hybridized carbons (Fsp3) is 0.667. The van der Waals surface area contributed by atoms with Crippen LogP contribution in [0, 0.1) is 0 Å². The summed E-state index contributed by atoms with van der Waals surface area (Å²) in [6, 6.07) is 1.62. The highest BCUT2D eigenvalue weighted by Gasteiger charge is 2.25. The predicted molar refractivity (Wildman–Crippen MR) is 68.4 cm³/mol. The molecule has 1 aliphatic heterocycles. The lowest BCUT2D eigenvalue weighted by Crippen LogP contribution is -2.45. The smallest absolute Gasteiger partial charge is 0.251 e. The number of hydrogen-bond donors (Lipinski definition) is 1. The molecule has 0 radical (unpaired) electrons. The fourth-order valence-electron chi connectivity index (χ4n) is 2.21. The van der Waals surface area contributed by atoms with Crippen LogP contribution in [0.4, 0.5) is 0 Å². The second kappa shape index (κ2) is 5.60. The molecule has 1 aliphatic rings. The number of rotatable bonds is 3. The van der Waals surface area contributed by atoms with Crippen molar-refractivity contribution in [1.82, 2.24) is 19.8 Å². The molecule has 100 valence electrons. The lowest BCUT2D eigenvalue weighted by atomic mass is 10.1. The lowest BCUT2D eigenvalue weighted by Gasteiger charge is -2.36. The number of nitrogens with one attached hydrogen (secondary N) is 1. The first kappa shape index (κ1) is 13.2. The number of aromatic amines is 1. The highest BCUT2D eigenvalue weighted by molar-refractivity contribution is 5.06. The summed E-state index contributed by atoms with van der Waals surface area (Å²) in [6.07, 6.45) is 0. The minimum absolute atomic E-state index is 0.117. The highest BCUT2D eigenvalue weighted by Crippen LogP contribution is 2.19. The molecule has 0 amide bonds. The van der Waals surface area contributed by atoms with E-state index in [1.165, 1.54) is 6.07 Å². The van der Waals surface area contributed by atoms with E-state index in [9.17, 15) is 4.79 Å². The molecular weight excluding hydrogens is 232 g/mol. The number of ether oxygens (including phenoxy) is 1. The Balaban J connectivity index is 2.28. The van der Waals surface area contributed by atoms with Gasteiger partial charge in [0, 0.05) is 32.8 Å². The number of piperazine rings is 1. The quantitative estimate of drug-likeness (QED) is 0.809. The predicted octanol–water partition coefficient (Wildman–Crippen LogP) is -0.165. The first-order valence-electron chi connectivity index (χ1n) is 6.08. The van der Waals surface area contributed by atoms with Crippen molar-refractivity contribution in [3.05, 3.63) is 27.9 Å². The number of H-pyrrole nitrogens is 1. The molecule has 0 bridgehead atoms. The Bertz CT molecular complexity index is 460. The van der Waals surface area contributed by atoms with E-state index < -0.39 is 0 Å². The van der Waals surface area contributed by atoms with Crippen LogP contribution in [0.1, 0.15) is 17.6 Å². The van der Waals surface area contributed by atoms with Crippen molar-refractivity contribution < 1.29 is 4.74 Å². The van der Waals surface area contributed by atoms with Crippen molar-refractivity contribution >= 4 is 0 Å². The average Bonchev–Trinajstić information content (AvgIpc) is 2.32. The molecular formula is C12H20N4O2. The third-order valence-electron chi connectivity index (χ3n) is 3.27. The van der Waals surface area contributed by atoms with E-state index in [4.69, 9.17) is 4.74 Å². The Morgan fingerprint density at radius 3 is 3.00 bits per heavy atom. The first-order valence-corrected chi connectivity index (χ1v) is 6.08. The van der Waals surface area contributed by atoms with Crippen molar-refractivity contribution in [3.8, 4) is 0 Å². The van der Waals surface area contributed by atoms with Crippen LogP contribution in [0.3, 0.4) is 0 Å². The SMILES string of the molecule is COCc1cc(=O)[nH]c(C2CN(C)CCN2C)n1. The lowest BCUT2D eigenvalue weighted by molar-refractivity contribution is 0.108. The van der Waals surface area contributed by atoms with E-state index in [0.717, 1.165) is 25.5 Å². The van der Waals surface area contributed by atoms with Gasteiger partial charge in [0.2, 0.25) is 0 Å². The normalized spacial score (nSPS) is 22.3. The number of methoxy groups -OCH3 is 1. The molecule has 2 heterocycles. The summed E-state index contributed by atoms with van der Waals surface area (Å²) in [5.41, 5.74) is 0.562. The summed E-state index contributed by atoms with van der Waals surface area (Å²) in [4.78, 5) is 23.4. The van der Waals surface area contributed by atoms with E-state index in [-0.39, 0.29) is 11.6 Å². The van der Waals surface area contributed by atoms with Gasteiger partial charge in [-0.2, -0.15) is 0 Å². The molecule has 1 N–H and O–H groups in total. The minimum Gasteiger partial charge on any atom is -0.378 e. The van der Waals surface area contributed by atoms with Crippen molar-refractivity contribution in [2.24, 2.45) is 0 Å². The Kier molecular flexibility index (Phi) is 4.11. The summed E-state index contributed by atoms with van der Waals surface area (Å²) in [5.74, 6) is 0.726. The van der Waals surface area contributed by atoms with Gasteiger partial charge in [-0.3, -0.25) is 9.69 Å².